The van der Waals surface area contributed by atoms with Gasteiger partial charge in [-0.3, -0.25) is 4.79 Å². The zero-order valence-electron chi connectivity index (χ0n) is 13.1. The van der Waals surface area contributed by atoms with E-state index in [0.29, 0.717) is 25.7 Å². The van der Waals surface area contributed by atoms with Crippen LogP contribution in [0.3, 0.4) is 0 Å². The molecule has 22 heavy (non-hydrogen) atoms. The average Bonchev–Trinajstić information content (AvgIpc) is 2.48. The summed E-state index contributed by atoms with van der Waals surface area (Å²) in [6.07, 6.45) is 0.585. The highest BCUT2D eigenvalue weighted by Gasteiger charge is 2.21. The van der Waals surface area contributed by atoms with E-state index in [1.165, 1.54) is 0 Å². The molecule has 5 nitrogen and oxygen atoms in total. The van der Waals surface area contributed by atoms with Crippen molar-refractivity contribution >= 4 is 24.0 Å². The number of amides is 1. The van der Waals surface area contributed by atoms with Crippen molar-refractivity contribution in [1.82, 2.24) is 5.32 Å². The fraction of sp³-hybridized carbons (Fsp3) is 0.562. The Morgan fingerprint density at radius 1 is 1.50 bits per heavy atom. The van der Waals surface area contributed by atoms with Gasteiger partial charge in [0.2, 0.25) is 0 Å². The van der Waals surface area contributed by atoms with Crippen LogP contribution in [0.5, 0.6) is 5.75 Å². The zero-order chi connectivity index (χ0) is 15.1. The molecule has 1 aliphatic heterocycles. The molecule has 2 N–H and O–H groups in total. The molecule has 0 aromatic heterocycles. The average molecular weight is 329 g/mol. The zero-order valence-corrected chi connectivity index (χ0v) is 13.9. The molecule has 0 spiro atoms. The molecule has 0 radical (unpaired) electrons. The molecule has 1 unspecified atom stereocenters. The standard InChI is InChI=1S/C16H24N2O3.ClH/c1-12(2)6-8-20-14-5-3-4-13(10-14)18-16(19)15-11-17-7-9-21-15;/h3-5,10,12,15,17H,6-9,11H2,1-2H3,(H,18,19);1H. The van der Waals surface area contributed by atoms with Crippen LogP contribution in [0, 0.1) is 5.92 Å². The number of hydrogen-bond donors (Lipinski definition) is 2. The minimum Gasteiger partial charge on any atom is -0.494 e. The van der Waals surface area contributed by atoms with E-state index in [1.807, 2.05) is 24.3 Å². The number of halogens is 1. The maximum absolute atomic E-state index is 12.1. The quantitative estimate of drug-likeness (QED) is 0.842. The van der Waals surface area contributed by atoms with E-state index in [1.54, 1.807) is 0 Å². The molecule has 0 aliphatic carbocycles. The molecule has 124 valence electrons. The van der Waals surface area contributed by atoms with E-state index in [2.05, 4.69) is 24.5 Å². The van der Waals surface area contributed by atoms with Gasteiger partial charge in [0.1, 0.15) is 11.9 Å². The number of carbonyl (C=O) groups is 1. The number of carbonyl (C=O) groups excluding carboxylic acids is 1. The Morgan fingerprint density at radius 3 is 3.00 bits per heavy atom. The normalized spacial score (nSPS) is 17.7. The van der Waals surface area contributed by atoms with E-state index >= 15 is 0 Å². The fourth-order valence-corrected chi connectivity index (χ4v) is 2.03. The molecule has 1 aromatic rings. The summed E-state index contributed by atoms with van der Waals surface area (Å²) >= 11 is 0. The van der Waals surface area contributed by atoms with Crippen molar-refractivity contribution < 1.29 is 14.3 Å². The largest absolute Gasteiger partial charge is 0.494 e. The second-order valence-corrected chi connectivity index (χ2v) is 5.61. The molecule has 1 amide bonds. The van der Waals surface area contributed by atoms with Crippen LogP contribution in [-0.2, 0) is 9.53 Å². The van der Waals surface area contributed by atoms with Gasteiger partial charge < -0.3 is 20.1 Å². The second kappa shape index (κ2) is 9.66. The smallest absolute Gasteiger partial charge is 0.254 e. The Balaban J connectivity index is 0.00000242. The molecule has 0 saturated carbocycles. The van der Waals surface area contributed by atoms with Gasteiger partial charge in [-0.2, -0.15) is 0 Å². The number of ether oxygens (including phenoxy) is 2. The molecule has 1 atom stereocenters. The van der Waals surface area contributed by atoms with Crippen LogP contribution in [0.2, 0.25) is 0 Å². The van der Waals surface area contributed by atoms with Gasteiger partial charge in [-0.25, -0.2) is 0 Å². The van der Waals surface area contributed by atoms with Crippen LogP contribution in [0.1, 0.15) is 20.3 Å². The first-order valence-electron chi connectivity index (χ1n) is 7.51. The maximum atomic E-state index is 12.1. The van der Waals surface area contributed by atoms with Gasteiger partial charge in [0.25, 0.3) is 5.91 Å². The number of anilines is 1. The Hall–Kier alpha value is -1.30. The lowest BCUT2D eigenvalue weighted by Gasteiger charge is -2.22. The van der Waals surface area contributed by atoms with E-state index in [4.69, 9.17) is 9.47 Å². The minimum absolute atomic E-state index is 0. The maximum Gasteiger partial charge on any atom is 0.254 e. The molecule has 0 bridgehead atoms. The van der Waals surface area contributed by atoms with Crippen LogP contribution in [0.4, 0.5) is 5.69 Å². The van der Waals surface area contributed by atoms with Crippen molar-refractivity contribution in [3.63, 3.8) is 0 Å². The van der Waals surface area contributed by atoms with Crippen molar-refractivity contribution in [1.29, 1.82) is 0 Å². The van der Waals surface area contributed by atoms with E-state index in [0.717, 1.165) is 24.4 Å². The molecule has 1 saturated heterocycles. The number of nitrogens with one attached hydrogen (secondary N) is 2. The first-order chi connectivity index (χ1) is 10.1. The van der Waals surface area contributed by atoms with E-state index in [-0.39, 0.29) is 18.3 Å². The molecule has 1 heterocycles. The van der Waals surface area contributed by atoms with Crippen LogP contribution >= 0.6 is 12.4 Å². The fourth-order valence-electron chi connectivity index (χ4n) is 2.03. The summed E-state index contributed by atoms with van der Waals surface area (Å²) in [7, 11) is 0. The van der Waals surface area contributed by atoms with Crippen LogP contribution < -0.4 is 15.4 Å². The third-order valence-electron chi connectivity index (χ3n) is 3.29. The number of benzene rings is 1. The molecular weight excluding hydrogens is 304 g/mol. The van der Waals surface area contributed by atoms with Gasteiger partial charge in [0, 0.05) is 24.8 Å². The predicted molar refractivity (Wildman–Crippen MR) is 89.9 cm³/mol. The monoisotopic (exact) mass is 328 g/mol. The lowest BCUT2D eigenvalue weighted by Crippen LogP contribution is -2.45. The van der Waals surface area contributed by atoms with Gasteiger partial charge >= 0.3 is 0 Å². The summed E-state index contributed by atoms with van der Waals surface area (Å²) in [5.74, 6) is 1.27. The molecule has 6 heteroatoms. The summed E-state index contributed by atoms with van der Waals surface area (Å²) in [6, 6.07) is 7.47. The number of hydrogen-bond acceptors (Lipinski definition) is 4. The topological polar surface area (TPSA) is 59.6 Å². The first-order valence-corrected chi connectivity index (χ1v) is 7.51. The van der Waals surface area contributed by atoms with Gasteiger partial charge in [-0.15, -0.1) is 12.4 Å². The highest BCUT2D eigenvalue weighted by atomic mass is 35.5. The van der Waals surface area contributed by atoms with Crippen molar-refractivity contribution in [3.05, 3.63) is 24.3 Å². The summed E-state index contributed by atoms with van der Waals surface area (Å²) in [5.41, 5.74) is 0.733. The third-order valence-corrected chi connectivity index (χ3v) is 3.29. The van der Waals surface area contributed by atoms with Crippen molar-refractivity contribution in [2.75, 3.05) is 31.6 Å². The van der Waals surface area contributed by atoms with Crippen molar-refractivity contribution in [2.45, 2.75) is 26.4 Å². The Bertz CT molecular complexity index is 462. The van der Waals surface area contributed by atoms with Crippen LogP contribution in [-0.4, -0.2) is 38.3 Å². The Kier molecular flexibility index (Phi) is 8.24. The van der Waals surface area contributed by atoms with E-state index in [9.17, 15) is 4.79 Å². The molecule has 1 aromatic carbocycles. The summed E-state index contributed by atoms with van der Waals surface area (Å²) in [5, 5.41) is 6.01. The summed E-state index contributed by atoms with van der Waals surface area (Å²) < 4.78 is 11.1. The van der Waals surface area contributed by atoms with Gasteiger partial charge in [-0.1, -0.05) is 19.9 Å². The highest BCUT2D eigenvalue weighted by Crippen LogP contribution is 2.18. The Morgan fingerprint density at radius 2 is 2.32 bits per heavy atom. The number of morpholine rings is 1. The van der Waals surface area contributed by atoms with Crippen LogP contribution in [0.15, 0.2) is 24.3 Å². The second-order valence-electron chi connectivity index (χ2n) is 5.61. The first kappa shape index (κ1) is 18.7. The molecular formula is C16H25ClN2O3. The van der Waals surface area contributed by atoms with E-state index < -0.39 is 6.10 Å². The lowest BCUT2D eigenvalue weighted by atomic mass is 10.1. The lowest BCUT2D eigenvalue weighted by molar-refractivity contribution is -0.128. The van der Waals surface area contributed by atoms with Crippen LogP contribution in [0.25, 0.3) is 0 Å². The Labute approximate surface area is 138 Å². The SMILES string of the molecule is CC(C)CCOc1cccc(NC(=O)C2CNCCO2)c1.Cl. The minimum atomic E-state index is -0.427. The number of rotatable bonds is 6. The molecule has 1 aliphatic rings. The third kappa shape index (κ3) is 6.22. The highest BCUT2D eigenvalue weighted by molar-refractivity contribution is 5.94. The van der Waals surface area contributed by atoms with Gasteiger partial charge in [-0.05, 0) is 24.5 Å². The molecule has 2 rings (SSSR count). The van der Waals surface area contributed by atoms with Gasteiger partial charge in [0.15, 0.2) is 0 Å². The summed E-state index contributed by atoms with van der Waals surface area (Å²) in [6.45, 7) is 6.93. The van der Waals surface area contributed by atoms with Crippen molar-refractivity contribution in [3.8, 4) is 5.75 Å². The van der Waals surface area contributed by atoms with Crippen molar-refractivity contribution in [2.24, 2.45) is 5.92 Å². The summed E-state index contributed by atoms with van der Waals surface area (Å²) in [4.78, 5) is 12.1. The molecule has 1 fully saturated rings. The predicted octanol–water partition coefficient (Wildman–Crippen LogP) is 2.46. The van der Waals surface area contributed by atoms with Gasteiger partial charge in [0.05, 0.1) is 13.2 Å².